The van der Waals surface area contributed by atoms with Gasteiger partial charge in [-0.15, -0.1) is 0 Å². The minimum atomic E-state index is -0.123. The maximum atomic E-state index is 11.9. The molecule has 142 valence electrons. The van der Waals surface area contributed by atoms with E-state index in [0.29, 0.717) is 6.54 Å². The summed E-state index contributed by atoms with van der Waals surface area (Å²) >= 11 is 0. The second-order valence-electron chi connectivity index (χ2n) is 7.28. The molecule has 1 N–H and O–H groups in total. The van der Waals surface area contributed by atoms with Crippen LogP contribution in [0.25, 0.3) is 0 Å². The summed E-state index contributed by atoms with van der Waals surface area (Å²) in [7, 11) is 3.26. The first kappa shape index (κ1) is 18.7. The minimum Gasteiger partial charge on any atom is -0.469 e. The topological polar surface area (TPSA) is 57.2 Å². The highest BCUT2D eigenvalue weighted by molar-refractivity contribution is 5.82. The number of benzene rings is 1. The number of hydrogen-bond donors (Lipinski definition) is 1. The van der Waals surface area contributed by atoms with Gasteiger partial charge in [-0.2, -0.15) is 0 Å². The lowest BCUT2D eigenvalue weighted by molar-refractivity contribution is -0.145. The van der Waals surface area contributed by atoms with E-state index in [9.17, 15) is 4.79 Å². The number of hydrogen-bond acceptors (Lipinski definition) is 4. The molecule has 3 rings (SSSR count). The molecule has 0 amide bonds. The third-order valence-corrected chi connectivity index (χ3v) is 5.55. The van der Waals surface area contributed by atoms with E-state index < -0.39 is 0 Å². The zero-order valence-corrected chi connectivity index (χ0v) is 16.1. The summed E-state index contributed by atoms with van der Waals surface area (Å²) in [6.45, 7) is 7.55. The van der Waals surface area contributed by atoms with Gasteiger partial charge in [0.1, 0.15) is 0 Å². The lowest BCUT2D eigenvalue weighted by Crippen LogP contribution is -2.44. The van der Waals surface area contributed by atoms with Crippen molar-refractivity contribution in [3.05, 3.63) is 35.4 Å². The maximum Gasteiger partial charge on any atom is 0.310 e. The van der Waals surface area contributed by atoms with Crippen molar-refractivity contribution < 1.29 is 9.53 Å². The highest BCUT2D eigenvalue weighted by Crippen LogP contribution is 2.24. The van der Waals surface area contributed by atoms with E-state index in [1.54, 1.807) is 7.05 Å². The number of aliphatic imine (C=N–C) groups is 1. The number of ether oxygens (including phenoxy) is 1. The molecule has 0 bridgehead atoms. The predicted octanol–water partition coefficient (Wildman–Crippen LogP) is 1.36. The van der Waals surface area contributed by atoms with Gasteiger partial charge >= 0.3 is 5.97 Å². The number of esters is 1. The van der Waals surface area contributed by atoms with Gasteiger partial charge in [-0.1, -0.05) is 31.2 Å². The van der Waals surface area contributed by atoms with E-state index in [0.717, 1.165) is 45.1 Å². The van der Waals surface area contributed by atoms with E-state index >= 15 is 0 Å². The van der Waals surface area contributed by atoms with Crippen molar-refractivity contribution in [1.82, 2.24) is 15.1 Å². The summed E-state index contributed by atoms with van der Waals surface area (Å²) in [5.41, 5.74) is 2.92. The Balaban J connectivity index is 1.48. The predicted molar refractivity (Wildman–Crippen MR) is 103 cm³/mol. The molecule has 2 heterocycles. The zero-order valence-electron chi connectivity index (χ0n) is 16.1. The van der Waals surface area contributed by atoms with Crippen LogP contribution in [0.1, 0.15) is 18.1 Å². The van der Waals surface area contributed by atoms with Crippen molar-refractivity contribution in [2.45, 2.75) is 19.9 Å². The number of fused-ring (bicyclic) bond motifs is 1. The Hall–Kier alpha value is -2.08. The third kappa shape index (κ3) is 4.18. The molecule has 1 aromatic carbocycles. The van der Waals surface area contributed by atoms with E-state index in [1.165, 1.54) is 18.2 Å². The van der Waals surface area contributed by atoms with E-state index in [-0.39, 0.29) is 17.8 Å². The molecule has 2 atom stereocenters. The molecule has 6 nitrogen and oxygen atoms in total. The fourth-order valence-electron chi connectivity index (χ4n) is 4.00. The molecule has 0 aromatic heterocycles. The van der Waals surface area contributed by atoms with Gasteiger partial charge in [-0.05, 0) is 23.5 Å². The zero-order chi connectivity index (χ0) is 18.5. The molecule has 2 unspecified atom stereocenters. The van der Waals surface area contributed by atoms with Gasteiger partial charge in [0.05, 0.1) is 13.0 Å². The molecule has 1 fully saturated rings. The molecular weight excluding hydrogens is 328 g/mol. The normalized spacial score (nSPS) is 23.7. The highest BCUT2D eigenvalue weighted by Gasteiger charge is 2.36. The number of methoxy groups -OCH3 is 1. The quantitative estimate of drug-likeness (QED) is 0.500. The molecule has 0 saturated carbocycles. The first-order chi connectivity index (χ1) is 12.6. The van der Waals surface area contributed by atoms with Gasteiger partial charge < -0.3 is 15.0 Å². The average Bonchev–Trinajstić information content (AvgIpc) is 3.06. The van der Waals surface area contributed by atoms with Crippen LogP contribution in [0.3, 0.4) is 0 Å². The molecule has 0 aliphatic carbocycles. The molecule has 0 radical (unpaired) electrons. The van der Waals surface area contributed by atoms with Crippen LogP contribution in [-0.4, -0.2) is 68.6 Å². The van der Waals surface area contributed by atoms with Crippen LogP contribution in [0.2, 0.25) is 0 Å². The van der Waals surface area contributed by atoms with Crippen LogP contribution in [0, 0.1) is 11.8 Å². The average molecular weight is 358 g/mol. The van der Waals surface area contributed by atoms with Gasteiger partial charge in [0.25, 0.3) is 0 Å². The van der Waals surface area contributed by atoms with Crippen molar-refractivity contribution in [1.29, 1.82) is 0 Å². The number of rotatable bonds is 4. The lowest BCUT2D eigenvalue weighted by atomic mass is 9.99. The lowest BCUT2D eigenvalue weighted by Gasteiger charge is -2.29. The SMILES string of the molecule is CN=C(NCCN1CCc2ccccc2C1)N1CC(C)C(C(=O)OC)C1. The number of carbonyl (C=O) groups is 1. The molecule has 26 heavy (non-hydrogen) atoms. The fourth-order valence-corrected chi connectivity index (χ4v) is 4.00. The Morgan fingerprint density at radius 3 is 2.81 bits per heavy atom. The van der Waals surface area contributed by atoms with Crippen LogP contribution in [0.4, 0.5) is 0 Å². The first-order valence-electron chi connectivity index (χ1n) is 9.45. The number of carbonyl (C=O) groups excluding carboxylic acids is 1. The standard InChI is InChI=1S/C20H30N4O2/c1-15-12-24(14-18(15)19(25)26-3)20(21-2)22-9-11-23-10-8-16-6-4-5-7-17(16)13-23/h4-7,15,18H,8-14H2,1-3H3,(H,21,22). The molecule has 2 aliphatic rings. The Morgan fingerprint density at radius 1 is 1.31 bits per heavy atom. The van der Waals surface area contributed by atoms with Gasteiger partial charge in [0.2, 0.25) is 0 Å². The van der Waals surface area contributed by atoms with Crippen LogP contribution >= 0.6 is 0 Å². The van der Waals surface area contributed by atoms with Crippen molar-refractivity contribution in [2.24, 2.45) is 16.8 Å². The molecule has 0 spiro atoms. The van der Waals surface area contributed by atoms with E-state index in [4.69, 9.17) is 4.74 Å². The molecule has 1 saturated heterocycles. The first-order valence-corrected chi connectivity index (χ1v) is 9.45. The second kappa shape index (κ2) is 8.54. The van der Waals surface area contributed by atoms with Crippen molar-refractivity contribution in [3.63, 3.8) is 0 Å². The summed E-state index contributed by atoms with van der Waals surface area (Å²) in [5, 5.41) is 3.46. The Labute approximate surface area is 156 Å². The summed E-state index contributed by atoms with van der Waals surface area (Å²) in [6.07, 6.45) is 1.12. The number of guanidine groups is 1. The molecule has 6 heteroatoms. The van der Waals surface area contributed by atoms with Gasteiger partial charge in [0.15, 0.2) is 5.96 Å². The summed E-state index contributed by atoms with van der Waals surface area (Å²) in [4.78, 5) is 20.9. The van der Waals surface area contributed by atoms with Crippen LogP contribution in [0.15, 0.2) is 29.3 Å². The molecule has 2 aliphatic heterocycles. The fraction of sp³-hybridized carbons (Fsp3) is 0.600. The van der Waals surface area contributed by atoms with Crippen molar-refractivity contribution in [2.75, 3.05) is 46.9 Å². The van der Waals surface area contributed by atoms with Crippen LogP contribution in [0.5, 0.6) is 0 Å². The minimum absolute atomic E-state index is 0.0721. The Kier molecular flexibility index (Phi) is 6.14. The van der Waals surface area contributed by atoms with Gasteiger partial charge in [0, 0.05) is 46.3 Å². The van der Waals surface area contributed by atoms with Crippen molar-refractivity contribution in [3.8, 4) is 0 Å². The second-order valence-corrected chi connectivity index (χ2v) is 7.28. The van der Waals surface area contributed by atoms with Crippen molar-refractivity contribution >= 4 is 11.9 Å². The summed E-state index contributed by atoms with van der Waals surface area (Å²) < 4.78 is 4.92. The van der Waals surface area contributed by atoms with E-state index in [1.807, 2.05) is 0 Å². The maximum absolute atomic E-state index is 11.9. The van der Waals surface area contributed by atoms with E-state index in [2.05, 4.69) is 51.3 Å². The molecular formula is C20H30N4O2. The summed E-state index contributed by atoms with van der Waals surface area (Å²) in [6, 6.07) is 8.71. The summed E-state index contributed by atoms with van der Waals surface area (Å²) in [5.74, 6) is 0.958. The number of likely N-dealkylation sites (tertiary alicyclic amines) is 1. The van der Waals surface area contributed by atoms with Gasteiger partial charge in [-0.3, -0.25) is 14.7 Å². The monoisotopic (exact) mass is 358 g/mol. The van der Waals surface area contributed by atoms with Gasteiger partial charge in [-0.25, -0.2) is 0 Å². The smallest absolute Gasteiger partial charge is 0.310 e. The third-order valence-electron chi connectivity index (χ3n) is 5.55. The largest absolute Gasteiger partial charge is 0.469 e. The van der Waals surface area contributed by atoms with Crippen LogP contribution in [-0.2, 0) is 22.5 Å². The Morgan fingerprint density at radius 2 is 2.08 bits per heavy atom. The van der Waals surface area contributed by atoms with Crippen LogP contribution < -0.4 is 5.32 Å². The number of nitrogens with one attached hydrogen (secondary N) is 1. The molecule has 1 aromatic rings. The Bertz CT molecular complexity index is 661. The highest BCUT2D eigenvalue weighted by atomic mass is 16.5. The number of nitrogens with zero attached hydrogens (tertiary/aromatic N) is 3.